The molecule has 0 fully saturated rings. The van der Waals surface area contributed by atoms with Crippen molar-refractivity contribution < 1.29 is 14.7 Å². The monoisotopic (exact) mass is 362 g/mol. The van der Waals surface area contributed by atoms with Crippen molar-refractivity contribution in [1.29, 1.82) is 0 Å². The van der Waals surface area contributed by atoms with E-state index in [2.05, 4.69) is 27.9 Å². The number of rotatable bonds is 7. The number of aliphatic carboxylic acids is 1. The number of carboxylic acid groups (broad SMARTS) is 1. The topological polar surface area (TPSA) is 92.4 Å². The van der Waals surface area contributed by atoms with Crippen LogP contribution in [0.4, 0.5) is 0 Å². The number of amides is 1. The fourth-order valence-corrected chi connectivity index (χ4v) is 2.10. The van der Waals surface area contributed by atoms with E-state index in [0.29, 0.717) is 6.54 Å². The molecule has 1 aromatic carbocycles. The van der Waals surface area contributed by atoms with E-state index < -0.39 is 17.9 Å². The number of nitrogens with one attached hydrogen (secondary N) is 1. The van der Waals surface area contributed by atoms with Gasteiger partial charge in [0.2, 0.25) is 5.91 Å². The summed E-state index contributed by atoms with van der Waals surface area (Å²) in [5, 5.41) is 11.9. The molecular weight excluding hydrogens is 347 g/mol. The Morgan fingerprint density at radius 1 is 1.44 bits per heavy atom. The second-order valence-corrected chi connectivity index (χ2v) is 5.15. The Morgan fingerprint density at radius 3 is 2.72 bits per heavy atom. The molecule has 0 aromatic heterocycles. The number of hydrogen-bond acceptors (Lipinski definition) is 3. The quantitative estimate of drug-likeness (QED) is 0.634. The number of halogens is 1. The lowest BCUT2D eigenvalue weighted by atomic mass is 10.1. The summed E-state index contributed by atoms with van der Waals surface area (Å²) in [7, 11) is 0. The van der Waals surface area contributed by atoms with Gasteiger partial charge in [0.05, 0.1) is 0 Å². The molecule has 1 aromatic rings. The first-order valence-corrected chi connectivity index (χ1v) is 6.56. The maximum atomic E-state index is 11.0. The summed E-state index contributed by atoms with van der Waals surface area (Å²) in [6.45, 7) is 0.451. The molecule has 0 heterocycles. The van der Waals surface area contributed by atoms with Crippen LogP contribution in [-0.4, -0.2) is 23.0 Å². The van der Waals surface area contributed by atoms with E-state index in [4.69, 9.17) is 10.8 Å². The number of nitrogens with two attached hydrogens (primary N) is 1. The standard InChI is InChI=1S/C12H15IN2O3/c13-9-3-1-2-8(6-9)7-15-10(12(17)18)4-5-11(14)16/h1-3,6,10,15H,4-5,7H2,(H2,14,16)(H,17,18)/t10-/m0/s1. The lowest BCUT2D eigenvalue weighted by Gasteiger charge is -2.13. The molecule has 0 unspecified atom stereocenters. The van der Waals surface area contributed by atoms with Crippen LogP contribution in [0.15, 0.2) is 24.3 Å². The Balaban J connectivity index is 2.51. The molecule has 0 saturated carbocycles. The number of primary amides is 1. The number of carbonyl (C=O) groups is 2. The highest BCUT2D eigenvalue weighted by atomic mass is 127. The minimum atomic E-state index is -0.970. The molecule has 0 spiro atoms. The highest BCUT2D eigenvalue weighted by Crippen LogP contribution is 2.08. The van der Waals surface area contributed by atoms with Gasteiger partial charge in [-0.2, -0.15) is 0 Å². The smallest absolute Gasteiger partial charge is 0.320 e. The number of carbonyl (C=O) groups excluding carboxylic acids is 1. The Bertz CT molecular complexity index is 437. The highest BCUT2D eigenvalue weighted by molar-refractivity contribution is 14.1. The maximum absolute atomic E-state index is 11.0. The van der Waals surface area contributed by atoms with Gasteiger partial charge in [0.25, 0.3) is 0 Å². The molecule has 5 nitrogen and oxygen atoms in total. The lowest BCUT2D eigenvalue weighted by Crippen LogP contribution is -2.37. The number of hydrogen-bond donors (Lipinski definition) is 3. The van der Waals surface area contributed by atoms with Crippen LogP contribution in [0.25, 0.3) is 0 Å². The van der Waals surface area contributed by atoms with E-state index in [1.165, 1.54) is 0 Å². The lowest BCUT2D eigenvalue weighted by molar-refractivity contribution is -0.139. The Morgan fingerprint density at radius 2 is 2.17 bits per heavy atom. The average Bonchev–Trinajstić information content (AvgIpc) is 2.28. The Hall–Kier alpha value is -1.15. The first-order chi connectivity index (χ1) is 8.49. The number of carboxylic acids is 1. The predicted octanol–water partition coefficient (Wildman–Crippen LogP) is 1.10. The zero-order valence-corrected chi connectivity index (χ0v) is 11.9. The van der Waals surface area contributed by atoms with Crippen LogP contribution in [0.2, 0.25) is 0 Å². The van der Waals surface area contributed by atoms with Crippen LogP contribution in [0.5, 0.6) is 0 Å². The van der Waals surface area contributed by atoms with Crippen molar-refractivity contribution in [2.24, 2.45) is 5.73 Å². The van der Waals surface area contributed by atoms with Gasteiger partial charge in [-0.25, -0.2) is 0 Å². The molecule has 6 heteroatoms. The third kappa shape index (κ3) is 5.46. The molecule has 4 N–H and O–H groups in total. The van der Waals surface area contributed by atoms with E-state index in [0.717, 1.165) is 9.13 Å². The van der Waals surface area contributed by atoms with E-state index in [1.54, 1.807) is 0 Å². The summed E-state index contributed by atoms with van der Waals surface area (Å²) in [5.41, 5.74) is 6.01. The SMILES string of the molecule is NC(=O)CC[C@H](NCc1cccc(I)c1)C(=O)O. The fourth-order valence-electron chi connectivity index (χ4n) is 1.49. The molecule has 0 aliphatic rings. The molecule has 1 atom stereocenters. The first-order valence-electron chi connectivity index (χ1n) is 5.48. The van der Waals surface area contributed by atoms with Gasteiger partial charge in [-0.05, 0) is 46.7 Å². The van der Waals surface area contributed by atoms with Crippen LogP contribution in [0.3, 0.4) is 0 Å². The van der Waals surface area contributed by atoms with Gasteiger partial charge in [0.15, 0.2) is 0 Å². The summed E-state index contributed by atoms with van der Waals surface area (Å²) in [5.74, 6) is -1.46. The Labute approximate surface area is 119 Å². The van der Waals surface area contributed by atoms with Crippen LogP contribution >= 0.6 is 22.6 Å². The molecule has 0 aliphatic heterocycles. The normalized spacial score (nSPS) is 12.1. The molecule has 0 bridgehead atoms. The van der Waals surface area contributed by atoms with Gasteiger partial charge in [-0.1, -0.05) is 12.1 Å². The van der Waals surface area contributed by atoms with Gasteiger partial charge in [0, 0.05) is 16.5 Å². The van der Waals surface area contributed by atoms with Crippen molar-refractivity contribution in [2.75, 3.05) is 0 Å². The summed E-state index contributed by atoms with van der Waals surface area (Å²) in [6, 6.07) is 7.02. The van der Waals surface area contributed by atoms with Gasteiger partial charge < -0.3 is 16.2 Å². The van der Waals surface area contributed by atoms with Gasteiger partial charge in [-0.3, -0.25) is 9.59 Å². The zero-order valence-electron chi connectivity index (χ0n) is 9.73. The third-order valence-electron chi connectivity index (χ3n) is 2.42. The molecular formula is C12H15IN2O3. The summed E-state index contributed by atoms with van der Waals surface area (Å²) in [4.78, 5) is 21.6. The number of benzene rings is 1. The van der Waals surface area contributed by atoms with Crippen LogP contribution in [0, 0.1) is 3.57 Å². The molecule has 1 amide bonds. The maximum Gasteiger partial charge on any atom is 0.320 e. The highest BCUT2D eigenvalue weighted by Gasteiger charge is 2.17. The van der Waals surface area contributed by atoms with Gasteiger partial charge in [0.1, 0.15) is 6.04 Å². The minimum Gasteiger partial charge on any atom is -0.480 e. The third-order valence-corrected chi connectivity index (χ3v) is 3.09. The van der Waals surface area contributed by atoms with E-state index in [-0.39, 0.29) is 12.8 Å². The molecule has 18 heavy (non-hydrogen) atoms. The van der Waals surface area contributed by atoms with Crippen molar-refractivity contribution in [3.63, 3.8) is 0 Å². The molecule has 98 valence electrons. The van der Waals surface area contributed by atoms with E-state index >= 15 is 0 Å². The molecule has 0 radical (unpaired) electrons. The van der Waals surface area contributed by atoms with E-state index in [9.17, 15) is 9.59 Å². The van der Waals surface area contributed by atoms with E-state index in [1.807, 2.05) is 24.3 Å². The average molecular weight is 362 g/mol. The first kappa shape index (κ1) is 14.9. The van der Waals surface area contributed by atoms with Crippen molar-refractivity contribution in [1.82, 2.24) is 5.32 Å². The summed E-state index contributed by atoms with van der Waals surface area (Å²) in [6.07, 6.45) is 0.269. The zero-order chi connectivity index (χ0) is 13.5. The Kier molecular flexibility index (Phi) is 6.06. The largest absolute Gasteiger partial charge is 0.480 e. The molecule has 0 aliphatic carbocycles. The van der Waals surface area contributed by atoms with Crippen LogP contribution in [-0.2, 0) is 16.1 Å². The summed E-state index contributed by atoms with van der Waals surface area (Å²) < 4.78 is 1.09. The summed E-state index contributed by atoms with van der Waals surface area (Å²) >= 11 is 2.20. The van der Waals surface area contributed by atoms with Gasteiger partial charge in [-0.15, -0.1) is 0 Å². The van der Waals surface area contributed by atoms with Crippen molar-refractivity contribution in [2.45, 2.75) is 25.4 Å². The van der Waals surface area contributed by atoms with Crippen LogP contribution < -0.4 is 11.1 Å². The van der Waals surface area contributed by atoms with Gasteiger partial charge >= 0.3 is 5.97 Å². The second kappa shape index (κ2) is 7.32. The van der Waals surface area contributed by atoms with Crippen LogP contribution in [0.1, 0.15) is 18.4 Å². The van der Waals surface area contributed by atoms with Crippen molar-refractivity contribution in [3.05, 3.63) is 33.4 Å². The fraction of sp³-hybridized carbons (Fsp3) is 0.333. The molecule has 0 saturated heterocycles. The van der Waals surface area contributed by atoms with Crippen molar-refractivity contribution >= 4 is 34.5 Å². The predicted molar refractivity (Wildman–Crippen MR) is 75.9 cm³/mol. The molecule has 1 rings (SSSR count). The van der Waals surface area contributed by atoms with Crippen molar-refractivity contribution in [3.8, 4) is 0 Å². The minimum absolute atomic E-state index is 0.0658. The second-order valence-electron chi connectivity index (χ2n) is 3.91.